The zero-order chi connectivity index (χ0) is 16.1. The number of piperazine rings is 1. The van der Waals surface area contributed by atoms with Gasteiger partial charge in [-0.15, -0.1) is 0 Å². The summed E-state index contributed by atoms with van der Waals surface area (Å²) in [5.74, 6) is 1.90. The lowest BCUT2D eigenvalue weighted by Crippen LogP contribution is -2.52. The zero-order valence-corrected chi connectivity index (χ0v) is 13.7. The minimum Gasteiger partial charge on any atom is -0.383 e. The van der Waals surface area contributed by atoms with E-state index in [-0.39, 0.29) is 6.03 Å². The third-order valence-electron chi connectivity index (χ3n) is 4.31. The number of amides is 2. The number of carbonyl (C=O) groups excluding carboxylic acids is 1. The van der Waals surface area contributed by atoms with Gasteiger partial charge in [0.1, 0.15) is 0 Å². The number of methoxy groups -OCH3 is 1. The Bertz CT molecular complexity index is 509. The van der Waals surface area contributed by atoms with Gasteiger partial charge in [-0.1, -0.05) is 5.16 Å². The maximum absolute atomic E-state index is 12.1. The average molecular weight is 323 g/mol. The number of hydrogen-bond acceptors (Lipinski definition) is 6. The highest BCUT2D eigenvalue weighted by atomic mass is 16.5. The second kappa shape index (κ2) is 7.74. The Hall–Kier alpha value is -1.67. The van der Waals surface area contributed by atoms with E-state index >= 15 is 0 Å². The van der Waals surface area contributed by atoms with Crippen molar-refractivity contribution in [3.63, 3.8) is 0 Å². The highest BCUT2D eigenvalue weighted by Crippen LogP contribution is 2.38. The number of nitrogens with one attached hydrogen (secondary N) is 1. The number of hydrogen-bond donors (Lipinski definition) is 1. The van der Waals surface area contributed by atoms with Crippen LogP contribution < -0.4 is 5.32 Å². The van der Waals surface area contributed by atoms with E-state index in [9.17, 15) is 4.79 Å². The lowest BCUT2D eigenvalue weighted by Gasteiger charge is -2.34. The van der Waals surface area contributed by atoms with Crippen LogP contribution in [0.15, 0.2) is 4.52 Å². The molecule has 1 aliphatic heterocycles. The largest absolute Gasteiger partial charge is 0.383 e. The van der Waals surface area contributed by atoms with Crippen LogP contribution in [0.25, 0.3) is 0 Å². The summed E-state index contributed by atoms with van der Waals surface area (Å²) in [4.78, 5) is 20.7. The zero-order valence-electron chi connectivity index (χ0n) is 13.7. The van der Waals surface area contributed by atoms with Crippen LogP contribution in [-0.4, -0.2) is 79.0 Å². The predicted octanol–water partition coefficient (Wildman–Crippen LogP) is 0.463. The molecule has 1 N–H and O–H groups in total. The molecule has 23 heavy (non-hydrogen) atoms. The summed E-state index contributed by atoms with van der Waals surface area (Å²) < 4.78 is 10.3. The van der Waals surface area contributed by atoms with Gasteiger partial charge in [0.2, 0.25) is 5.89 Å². The molecule has 2 heterocycles. The lowest BCUT2D eigenvalue weighted by atomic mass is 10.3. The van der Waals surface area contributed by atoms with E-state index in [2.05, 4.69) is 20.4 Å². The lowest BCUT2D eigenvalue weighted by molar-refractivity contribution is 0.106. The van der Waals surface area contributed by atoms with Crippen molar-refractivity contribution in [2.24, 2.45) is 0 Å². The van der Waals surface area contributed by atoms with Crippen LogP contribution in [0, 0.1) is 0 Å². The summed E-state index contributed by atoms with van der Waals surface area (Å²) in [6.07, 6.45) is 2.90. The quantitative estimate of drug-likeness (QED) is 0.785. The summed E-state index contributed by atoms with van der Waals surface area (Å²) >= 11 is 0. The van der Waals surface area contributed by atoms with Crippen molar-refractivity contribution in [3.05, 3.63) is 11.7 Å². The first kappa shape index (κ1) is 16.2. The Morgan fingerprint density at radius 1 is 1.35 bits per heavy atom. The fourth-order valence-corrected chi connectivity index (χ4v) is 2.65. The van der Waals surface area contributed by atoms with Crippen molar-refractivity contribution in [2.45, 2.75) is 25.2 Å². The summed E-state index contributed by atoms with van der Waals surface area (Å²) in [5, 5.41) is 6.89. The van der Waals surface area contributed by atoms with Crippen LogP contribution in [0.5, 0.6) is 0 Å². The van der Waals surface area contributed by atoms with Gasteiger partial charge in [-0.3, -0.25) is 4.90 Å². The van der Waals surface area contributed by atoms with Gasteiger partial charge in [0.15, 0.2) is 5.82 Å². The Labute approximate surface area is 136 Å². The Balaban J connectivity index is 1.33. The minimum atomic E-state index is -0.0118. The molecule has 2 fully saturated rings. The molecule has 1 aromatic heterocycles. The highest BCUT2D eigenvalue weighted by molar-refractivity contribution is 5.74. The SMILES string of the molecule is COCCN1CCN(C(=O)NCCc2noc(C3CC3)n2)CC1. The van der Waals surface area contributed by atoms with E-state index in [4.69, 9.17) is 9.26 Å². The summed E-state index contributed by atoms with van der Waals surface area (Å²) in [6, 6.07) is -0.0118. The number of carbonyl (C=O) groups is 1. The monoisotopic (exact) mass is 323 g/mol. The molecule has 0 radical (unpaired) electrons. The standard InChI is InChI=1S/C15H25N5O3/c1-22-11-10-19-6-8-20(9-7-19)15(21)16-5-4-13-17-14(23-18-13)12-2-3-12/h12H,2-11H2,1H3,(H,16,21). The molecule has 0 spiro atoms. The van der Waals surface area contributed by atoms with Crippen LogP contribution in [0.4, 0.5) is 4.79 Å². The molecule has 0 aromatic carbocycles. The van der Waals surface area contributed by atoms with Gasteiger partial charge in [-0.05, 0) is 12.8 Å². The van der Waals surface area contributed by atoms with Gasteiger partial charge in [-0.25, -0.2) is 4.79 Å². The van der Waals surface area contributed by atoms with Crippen LogP contribution in [0.1, 0.15) is 30.5 Å². The topological polar surface area (TPSA) is 83.7 Å². The number of rotatable bonds is 7. The molecular weight excluding hydrogens is 298 g/mol. The molecule has 1 aliphatic carbocycles. The van der Waals surface area contributed by atoms with Crippen molar-refractivity contribution >= 4 is 6.03 Å². The molecule has 8 nitrogen and oxygen atoms in total. The molecule has 0 bridgehead atoms. The van der Waals surface area contributed by atoms with Gasteiger partial charge in [0, 0.05) is 58.7 Å². The number of ether oxygens (including phenoxy) is 1. The molecule has 1 aromatic rings. The Morgan fingerprint density at radius 3 is 2.83 bits per heavy atom. The molecule has 3 rings (SSSR count). The van der Waals surface area contributed by atoms with Gasteiger partial charge in [-0.2, -0.15) is 4.98 Å². The molecule has 2 amide bonds. The molecule has 8 heteroatoms. The fourth-order valence-electron chi connectivity index (χ4n) is 2.65. The maximum atomic E-state index is 12.1. The van der Waals surface area contributed by atoms with E-state index in [1.807, 2.05) is 4.90 Å². The molecular formula is C15H25N5O3. The van der Waals surface area contributed by atoms with E-state index in [0.717, 1.165) is 58.1 Å². The summed E-state index contributed by atoms with van der Waals surface area (Å²) in [5.41, 5.74) is 0. The molecule has 0 unspecified atom stereocenters. The normalized spacial score (nSPS) is 19.1. The first-order valence-electron chi connectivity index (χ1n) is 8.33. The molecule has 1 saturated heterocycles. The first-order chi connectivity index (χ1) is 11.3. The number of nitrogens with zero attached hydrogens (tertiary/aromatic N) is 4. The van der Waals surface area contributed by atoms with Crippen molar-refractivity contribution in [3.8, 4) is 0 Å². The number of aromatic nitrogens is 2. The number of urea groups is 1. The van der Waals surface area contributed by atoms with Crippen molar-refractivity contribution in [1.29, 1.82) is 0 Å². The van der Waals surface area contributed by atoms with Crippen LogP contribution in [0.2, 0.25) is 0 Å². The Kier molecular flexibility index (Phi) is 5.45. The first-order valence-corrected chi connectivity index (χ1v) is 8.33. The summed E-state index contributed by atoms with van der Waals surface area (Å²) in [7, 11) is 1.71. The van der Waals surface area contributed by atoms with Gasteiger partial charge in [0.05, 0.1) is 6.61 Å². The van der Waals surface area contributed by atoms with Crippen LogP contribution in [0.3, 0.4) is 0 Å². The smallest absolute Gasteiger partial charge is 0.317 e. The maximum Gasteiger partial charge on any atom is 0.317 e. The van der Waals surface area contributed by atoms with E-state index in [1.165, 1.54) is 0 Å². The van der Waals surface area contributed by atoms with Crippen LogP contribution >= 0.6 is 0 Å². The second-order valence-electron chi connectivity index (χ2n) is 6.13. The molecule has 0 atom stereocenters. The van der Waals surface area contributed by atoms with Crippen LogP contribution in [-0.2, 0) is 11.2 Å². The minimum absolute atomic E-state index is 0.0118. The molecule has 1 saturated carbocycles. The van der Waals surface area contributed by atoms with Crippen molar-refractivity contribution < 1.29 is 14.1 Å². The highest BCUT2D eigenvalue weighted by Gasteiger charge is 2.29. The van der Waals surface area contributed by atoms with E-state index in [1.54, 1.807) is 7.11 Å². The Morgan fingerprint density at radius 2 is 2.13 bits per heavy atom. The van der Waals surface area contributed by atoms with Gasteiger partial charge < -0.3 is 19.5 Å². The van der Waals surface area contributed by atoms with Gasteiger partial charge >= 0.3 is 6.03 Å². The summed E-state index contributed by atoms with van der Waals surface area (Å²) in [6.45, 7) is 5.49. The van der Waals surface area contributed by atoms with Gasteiger partial charge in [0.25, 0.3) is 0 Å². The predicted molar refractivity (Wildman–Crippen MR) is 83.3 cm³/mol. The molecule has 2 aliphatic rings. The van der Waals surface area contributed by atoms with Crippen molar-refractivity contribution in [1.82, 2.24) is 25.3 Å². The fraction of sp³-hybridized carbons (Fsp3) is 0.800. The molecule has 128 valence electrons. The average Bonchev–Trinajstić information content (AvgIpc) is 3.32. The van der Waals surface area contributed by atoms with Crippen molar-refractivity contribution in [2.75, 3.05) is 53.0 Å². The second-order valence-corrected chi connectivity index (χ2v) is 6.13. The third-order valence-corrected chi connectivity index (χ3v) is 4.31. The third kappa shape index (κ3) is 4.65. The van der Waals surface area contributed by atoms with E-state index < -0.39 is 0 Å². The van der Waals surface area contributed by atoms with E-state index in [0.29, 0.717) is 24.7 Å².